The third kappa shape index (κ3) is 2.45. The molecule has 0 unspecified atom stereocenters. The van der Waals surface area contributed by atoms with Crippen molar-refractivity contribution in [2.75, 3.05) is 12.1 Å². The van der Waals surface area contributed by atoms with Crippen LogP contribution in [0.2, 0.25) is 0 Å². The Hall–Kier alpha value is -2.69. The number of fused-ring (bicyclic) bond motifs is 1. The summed E-state index contributed by atoms with van der Waals surface area (Å²) in [7, 11) is 0. The van der Waals surface area contributed by atoms with E-state index in [1.54, 1.807) is 13.8 Å². The number of anilines is 2. The highest BCUT2D eigenvalue weighted by Gasteiger charge is 2.31. The van der Waals surface area contributed by atoms with E-state index in [1.807, 2.05) is 42.5 Å². The standard InChI is InChI=1S/C17H17NO4/c1-17(2,16(19)20)12-5-3-4-6-13(12)18-11-7-8-14-15(9-11)22-10-21-14/h3-9,18H,10H2,1-2H3,(H,19,20). The Morgan fingerprint density at radius 1 is 1.14 bits per heavy atom. The Kier molecular flexibility index (Phi) is 3.41. The molecule has 5 nitrogen and oxygen atoms in total. The number of aliphatic carboxylic acids is 1. The van der Waals surface area contributed by atoms with Crippen LogP contribution in [-0.4, -0.2) is 17.9 Å². The highest BCUT2D eigenvalue weighted by Crippen LogP contribution is 2.37. The Morgan fingerprint density at radius 2 is 1.86 bits per heavy atom. The Morgan fingerprint density at radius 3 is 2.64 bits per heavy atom. The first kappa shape index (κ1) is 14.3. The Bertz CT molecular complexity index is 724. The van der Waals surface area contributed by atoms with Crippen LogP contribution in [0.4, 0.5) is 11.4 Å². The minimum Gasteiger partial charge on any atom is -0.481 e. The van der Waals surface area contributed by atoms with Crippen LogP contribution in [-0.2, 0) is 10.2 Å². The highest BCUT2D eigenvalue weighted by atomic mass is 16.7. The van der Waals surface area contributed by atoms with Gasteiger partial charge in [-0.25, -0.2) is 0 Å². The van der Waals surface area contributed by atoms with Crippen molar-refractivity contribution in [1.29, 1.82) is 0 Å². The lowest BCUT2D eigenvalue weighted by atomic mass is 9.83. The Balaban J connectivity index is 1.95. The monoisotopic (exact) mass is 299 g/mol. The molecule has 0 bridgehead atoms. The van der Waals surface area contributed by atoms with Crippen molar-refractivity contribution < 1.29 is 19.4 Å². The van der Waals surface area contributed by atoms with Crippen molar-refractivity contribution in [3.05, 3.63) is 48.0 Å². The van der Waals surface area contributed by atoms with Crippen LogP contribution in [0.5, 0.6) is 11.5 Å². The molecule has 0 aliphatic carbocycles. The van der Waals surface area contributed by atoms with Gasteiger partial charge in [-0.3, -0.25) is 4.79 Å². The number of carboxylic acids is 1. The molecule has 5 heteroatoms. The maximum absolute atomic E-state index is 11.5. The first-order valence-corrected chi connectivity index (χ1v) is 6.98. The van der Waals surface area contributed by atoms with Gasteiger partial charge in [-0.2, -0.15) is 0 Å². The molecule has 0 saturated carbocycles. The minimum atomic E-state index is -0.986. The molecule has 0 spiro atoms. The van der Waals surface area contributed by atoms with Crippen molar-refractivity contribution in [1.82, 2.24) is 0 Å². The lowest BCUT2D eigenvalue weighted by Gasteiger charge is -2.23. The smallest absolute Gasteiger partial charge is 0.313 e. The zero-order chi connectivity index (χ0) is 15.7. The fraction of sp³-hybridized carbons (Fsp3) is 0.235. The number of carbonyl (C=O) groups is 1. The van der Waals surface area contributed by atoms with E-state index in [2.05, 4.69) is 5.32 Å². The number of benzene rings is 2. The fourth-order valence-corrected chi connectivity index (χ4v) is 2.38. The molecule has 0 atom stereocenters. The van der Waals surface area contributed by atoms with Gasteiger partial charge in [0.25, 0.3) is 0 Å². The maximum Gasteiger partial charge on any atom is 0.313 e. The zero-order valence-corrected chi connectivity index (χ0v) is 12.4. The lowest BCUT2D eigenvalue weighted by Crippen LogP contribution is -2.29. The lowest BCUT2D eigenvalue weighted by molar-refractivity contribution is -0.142. The van der Waals surface area contributed by atoms with Gasteiger partial charge in [-0.1, -0.05) is 18.2 Å². The minimum absolute atomic E-state index is 0.224. The summed E-state index contributed by atoms with van der Waals surface area (Å²) in [6.45, 7) is 3.60. The second kappa shape index (κ2) is 5.26. The second-order valence-electron chi connectivity index (χ2n) is 5.67. The number of para-hydroxylation sites is 1. The van der Waals surface area contributed by atoms with Crippen molar-refractivity contribution in [2.45, 2.75) is 19.3 Å². The van der Waals surface area contributed by atoms with Gasteiger partial charge in [-0.15, -0.1) is 0 Å². The van der Waals surface area contributed by atoms with Crippen LogP contribution in [0.25, 0.3) is 0 Å². The number of carboxylic acid groups (broad SMARTS) is 1. The van der Waals surface area contributed by atoms with E-state index in [9.17, 15) is 9.90 Å². The predicted octanol–water partition coefficient (Wildman–Crippen LogP) is 3.52. The van der Waals surface area contributed by atoms with E-state index in [0.717, 1.165) is 16.9 Å². The summed E-state index contributed by atoms with van der Waals surface area (Å²) in [4.78, 5) is 11.5. The zero-order valence-electron chi connectivity index (χ0n) is 12.4. The first-order chi connectivity index (χ1) is 10.5. The van der Waals surface area contributed by atoms with Crippen LogP contribution in [0.1, 0.15) is 19.4 Å². The van der Waals surface area contributed by atoms with Gasteiger partial charge in [0.05, 0.1) is 5.41 Å². The van der Waals surface area contributed by atoms with Gasteiger partial charge >= 0.3 is 5.97 Å². The summed E-state index contributed by atoms with van der Waals surface area (Å²) in [6.07, 6.45) is 0. The van der Waals surface area contributed by atoms with Crippen molar-refractivity contribution in [3.63, 3.8) is 0 Å². The van der Waals surface area contributed by atoms with E-state index < -0.39 is 11.4 Å². The van der Waals surface area contributed by atoms with E-state index in [0.29, 0.717) is 11.5 Å². The van der Waals surface area contributed by atoms with Crippen molar-refractivity contribution >= 4 is 17.3 Å². The molecule has 1 aliphatic heterocycles. The largest absolute Gasteiger partial charge is 0.481 e. The molecule has 114 valence electrons. The third-order valence-electron chi connectivity index (χ3n) is 3.79. The summed E-state index contributed by atoms with van der Waals surface area (Å²) >= 11 is 0. The van der Waals surface area contributed by atoms with Crippen molar-refractivity contribution in [3.8, 4) is 11.5 Å². The van der Waals surface area contributed by atoms with Crippen LogP contribution in [0.3, 0.4) is 0 Å². The molecule has 22 heavy (non-hydrogen) atoms. The van der Waals surface area contributed by atoms with Crippen LogP contribution < -0.4 is 14.8 Å². The SMILES string of the molecule is CC(C)(C(=O)O)c1ccccc1Nc1ccc2c(c1)OCO2. The van der Waals surface area contributed by atoms with Gasteiger partial charge < -0.3 is 19.9 Å². The van der Waals surface area contributed by atoms with Gasteiger partial charge in [0.15, 0.2) is 11.5 Å². The van der Waals surface area contributed by atoms with Gasteiger partial charge in [0, 0.05) is 17.4 Å². The molecule has 2 aromatic rings. The molecule has 1 heterocycles. The van der Waals surface area contributed by atoms with Crippen LogP contribution in [0.15, 0.2) is 42.5 Å². The fourth-order valence-electron chi connectivity index (χ4n) is 2.38. The number of rotatable bonds is 4. The molecule has 0 radical (unpaired) electrons. The number of nitrogens with one attached hydrogen (secondary N) is 1. The molecule has 0 saturated heterocycles. The van der Waals surface area contributed by atoms with Gasteiger partial charge in [0.1, 0.15) is 0 Å². The van der Waals surface area contributed by atoms with Crippen LogP contribution in [0, 0.1) is 0 Å². The third-order valence-corrected chi connectivity index (χ3v) is 3.79. The summed E-state index contributed by atoms with van der Waals surface area (Å²) < 4.78 is 10.6. The van der Waals surface area contributed by atoms with E-state index in [-0.39, 0.29) is 6.79 Å². The van der Waals surface area contributed by atoms with Crippen LogP contribution >= 0.6 is 0 Å². The number of ether oxygens (including phenoxy) is 2. The van der Waals surface area contributed by atoms with Gasteiger partial charge in [-0.05, 0) is 37.6 Å². The summed E-state index contributed by atoms with van der Waals surface area (Å²) in [5.74, 6) is 0.525. The maximum atomic E-state index is 11.5. The average molecular weight is 299 g/mol. The molecule has 2 N–H and O–H groups in total. The average Bonchev–Trinajstić information content (AvgIpc) is 2.95. The first-order valence-electron chi connectivity index (χ1n) is 6.98. The van der Waals surface area contributed by atoms with E-state index in [4.69, 9.17) is 9.47 Å². The summed E-state index contributed by atoms with van der Waals surface area (Å²) in [6, 6.07) is 12.9. The highest BCUT2D eigenvalue weighted by molar-refractivity contribution is 5.84. The Labute approximate surface area is 128 Å². The molecule has 0 fully saturated rings. The molecule has 0 amide bonds. The van der Waals surface area contributed by atoms with E-state index in [1.165, 1.54) is 0 Å². The molecule has 3 rings (SSSR count). The van der Waals surface area contributed by atoms with Gasteiger partial charge in [0.2, 0.25) is 6.79 Å². The van der Waals surface area contributed by atoms with Crippen molar-refractivity contribution in [2.24, 2.45) is 0 Å². The second-order valence-corrected chi connectivity index (χ2v) is 5.67. The number of hydrogen-bond donors (Lipinski definition) is 2. The number of hydrogen-bond acceptors (Lipinski definition) is 4. The quantitative estimate of drug-likeness (QED) is 0.904. The predicted molar refractivity (Wildman–Crippen MR) is 83.0 cm³/mol. The molecule has 0 aromatic heterocycles. The summed E-state index contributed by atoms with van der Waals surface area (Å²) in [5, 5.41) is 12.7. The van der Waals surface area contributed by atoms with E-state index >= 15 is 0 Å². The normalized spacial score (nSPS) is 13.0. The molecular weight excluding hydrogens is 282 g/mol. The molecule has 2 aromatic carbocycles. The molecule has 1 aliphatic rings. The summed E-state index contributed by atoms with van der Waals surface area (Å²) in [5.41, 5.74) is 1.31. The molecular formula is C17H17NO4. The topological polar surface area (TPSA) is 67.8 Å².